The lowest BCUT2D eigenvalue weighted by Crippen LogP contribution is -2.42. The van der Waals surface area contributed by atoms with Gasteiger partial charge >= 0.3 is 0 Å². The Kier molecular flexibility index (Phi) is 3.78. The van der Waals surface area contributed by atoms with Gasteiger partial charge in [-0.25, -0.2) is 0 Å². The number of hydrogen-bond acceptors (Lipinski definition) is 4. The summed E-state index contributed by atoms with van der Waals surface area (Å²) >= 11 is 0. The molecule has 2 atom stereocenters. The van der Waals surface area contributed by atoms with Crippen LogP contribution < -0.4 is 9.47 Å². The Morgan fingerprint density at radius 2 is 2.28 bits per heavy atom. The summed E-state index contributed by atoms with van der Waals surface area (Å²) in [6.07, 6.45) is -0.0259. The molecule has 1 aliphatic rings. The molecule has 1 aliphatic heterocycles. The minimum absolute atomic E-state index is 0.475. The number of ether oxygens (including phenoxy) is 3. The highest BCUT2D eigenvalue weighted by atomic mass is 16.5. The molecule has 0 saturated heterocycles. The quantitative estimate of drug-likeness (QED) is 0.893. The maximum absolute atomic E-state index is 10.2. The molecule has 18 heavy (non-hydrogen) atoms. The number of fused-ring (bicyclic) bond motifs is 1. The topological polar surface area (TPSA) is 47.9 Å². The number of benzene rings is 1. The lowest BCUT2D eigenvalue weighted by molar-refractivity contribution is -0.0575. The van der Waals surface area contributed by atoms with Gasteiger partial charge in [-0.05, 0) is 32.0 Å². The molecule has 0 aromatic heterocycles. The lowest BCUT2D eigenvalue weighted by Gasteiger charge is -2.38. The summed E-state index contributed by atoms with van der Waals surface area (Å²) in [5, 5.41) is 10.2. The molecular formula is C14H20O4. The lowest BCUT2D eigenvalue weighted by atomic mass is 9.90. The average molecular weight is 252 g/mol. The van der Waals surface area contributed by atoms with E-state index < -0.39 is 11.7 Å². The molecule has 1 aromatic carbocycles. The predicted octanol–water partition coefficient (Wildman–Crippen LogP) is 2.31. The second-order valence-electron chi connectivity index (χ2n) is 4.81. The van der Waals surface area contributed by atoms with Gasteiger partial charge in [-0.2, -0.15) is 0 Å². The molecule has 0 radical (unpaired) electrons. The van der Waals surface area contributed by atoms with Crippen molar-refractivity contribution in [2.75, 3.05) is 20.3 Å². The summed E-state index contributed by atoms with van der Waals surface area (Å²) in [6, 6.07) is 5.49. The zero-order valence-electron chi connectivity index (χ0n) is 11.1. The minimum atomic E-state index is -0.547. The van der Waals surface area contributed by atoms with Crippen molar-refractivity contribution in [1.82, 2.24) is 0 Å². The summed E-state index contributed by atoms with van der Waals surface area (Å²) < 4.78 is 16.5. The highest BCUT2D eigenvalue weighted by Crippen LogP contribution is 2.41. The van der Waals surface area contributed by atoms with Crippen LogP contribution in [0.1, 0.15) is 31.9 Å². The second-order valence-corrected chi connectivity index (χ2v) is 4.81. The van der Waals surface area contributed by atoms with Gasteiger partial charge in [-0.3, -0.25) is 0 Å². The van der Waals surface area contributed by atoms with Crippen LogP contribution in [0.5, 0.6) is 11.5 Å². The number of methoxy groups -OCH3 is 1. The van der Waals surface area contributed by atoms with E-state index in [9.17, 15) is 5.11 Å². The van der Waals surface area contributed by atoms with E-state index in [0.717, 1.165) is 11.3 Å². The van der Waals surface area contributed by atoms with Crippen molar-refractivity contribution in [3.05, 3.63) is 23.8 Å². The summed E-state index contributed by atoms with van der Waals surface area (Å²) in [4.78, 5) is 0. The molecule has 100 valence electrons. The Hall–Kier alpha value is -1.26. The SMILES string of the molecule is CCOCC1(C)C[C@H](O)c2cc(OC)ccc2O1. The summed E-state index contributed by atoms with van der Waals surface area (Å²) in [5.41, 5.74) is 0.306. The Morgan fingerprint density at radius 1 is 1.50 bits per heavy atom. The maximum atomic E-state index is 10.2. The van der Waals surface area contributed by atoms with Crippen molar-refractivity contribution in [1.29, 1.82) is 0 Å². The molecule has 1 N–H and O–H groups in total. The van der Waals surface area contributed by atoms with E-state index in [0.29, 0.717) is 25.4 Å². The van der Waals surface area contributed by atoms with Gasteiger partial charge in [0.05, 0.1) is 19.8 Å². The third kappa shape index (κ3) is 2.60. The second kappa shape index (κ2) is 5.16. The van der Waals surface area contributed by atoms with Crippen LogP contribution in [0.25, 0.3) is 0 Å². The normalized spacial score (nSPS) is 26.3. The van der Waals surface area contributed by atoms with E-state index in [1.54, 1.807) is 7.11 Å². The van der Waals surface area contributed by atoms with Gasteiger partial charge in [0, 0.05) is 18.6 Å². The molecule has 1 aromatic rings. The Bertz CT molecular complexity index is 418. The molecule has 4 heteroatoms. The van der Waals surface area contributed by atoms with E-state index >= 15 is 0 Å². The fraction of sp³-hybridized carbons (Fsp3) is 0.571. The standard InChI is InChI=1S/C14H20O4/c1-4-17-9-14(2)8-12(15)11-7-10(16-3)5-6-13(11)18-14/h5-7,12,15H,4,8-9H2,1-3H3/t12-,14?/m0/s1. The fourth-order valence-electron chi connectivity index (χ4n) is 2.24. The van der Waals surface area contributed by atoms with Crippen LogP contribution in [-0.4, -0.2) is 31.0 Å². The maximum Gasteiger partial charge on any atom is 0.132 e. The van der Waals surface area contributed by atoms with Crippen LogP contribution in [0, 0.1) is 0 Å². The van der Waals surface area contributed by atoms with Gasteiger partial charge in [0.15, 0.2) is 0 Å². The van der Waals surface area contributed by atoms with Gasteiger partial charge in [0.2, 0.25) is 0 Å². The first-order valence-electron chi connectivity index (χ1n) is 6.21. The monoisotopic (exact) mass is 252 g/mol. The van der Waals surface area contributed by atoms with Crippen molar-refractivity contribution < 1.29 is 19.3 Å². The van der Waals surface area contributed by atoms with E-state index in [1.165, 1.54) is 0 Å². The summed E-state index contributed by atoms with van der Waals surface area (Å²) in [7, 11) is 1.61. The summed E-state index contributed by atoms with van der Waals surface area (Å²) in [6.45, 7) is 5.02. The molecule has 0 fully saturated rings. The van der Waals surface area contributed by atoms with Gasteiger partial charge in [0.25, 0.3) is 0 Å². The van der Waals surface area contributed by atoms with Crippen molar-refractivity contribution in [2.45, 2.75) is 32.0 Å². The number of aliphatic hydroxyl groups excluding tert-OH is 1. The average Bonchev–Trinajstić information content (AvgIpc) is 2.36. The molecule has 1 heterocycles. The fourth-order valence-corrected chi connectivity index (χ4v) is 2.24. The van der Waals surface area contributed by atoms with Gasteiger partial charge in [-0.15, -0.1) is 0 Å². The molecule has 0 aliphatic carbocycles. The molecule has 0 bridgehead atoms. The zero-order valence-corrected chi connectivity index (χ0v) is 11.1. The Labute approximate surface area is 107 Å². The third-order valence-corrected chi connectivity index (χ3v) is 3.17. The van der Waals surface area contributed by atoms with Crippen molar-refractivity contribution >= 4 is 0 Å². The Balaban J connectivity index is 2.23. The largest absolute Gasteiger partial charge is 0.497 e. The molecular weight excluding hydrogens is 232 g/mol. The van der Waals surface area contributed by atoms with Crippen LogP contribution in [-0.2, 0) is 4.74 Å². The van der Waals surface area contributed by atoms with Crippen LogP contribution >= 0.6 is 0 Å². The third-order valence-electron chi connectivity index (χ3n) is 3.17. The predicted molar refractivity (Wildman–Crippen MR) is 68.1 cm³/mol. The minimum Gasteiger partial charge on any atom is -0.497 e. The van der Waals surface area contributed by atoms with Crippen LogP contribution in [0.15, 0.2) is 18.2 Å². The molecule has 4 nitrogen and oxygen atoms in total. The number of hydrogen-bond donors (Lipinski definition) is 1. The molecule has 1 unspecified atom stereocenters. The van der Waals surface area contributed by atoms with Crippen molar-refractivity contribution in [2.24, 2.45) is 0 Å². The first kappa shape index (κ1) is 13.2. The highest BCUT2D eigenvalue weighted by Gasteiger charge is 2.37. The molecule has 0 spiro atoms. The van der Waals surface area contributed by atoms with Crippen molar-refractivity contribution in [3.8, 4) is 11.5 Å². The number of rotatable bonds is 4. The van der Waals surface area contributed by atoms with E-state index in [1.807, 2.05) is 32.0 Å². The first-order chi connectivity index (χ1) is 8.58. The highest BCUT2D eigenvalue weighted by molar-refractivity contribution is 5.43. The van der Waals surface area contributed by atoms with E-state index in [2.05, 4.69) is 0 Å². The first-order valence-corrected chi connectivity index (χ1v) is 6.21. The molecule has 0 saturated carbocycles. The van der Waals surface area contributed by atoms with Crippen LogP contribution in [0.2, 0.25) is 0 Å². The number of aliphatic hydroxyl groups is 1. The smallest absolute Gasteiger partial charge is 0.132 e. The van der Waals surface area contributed by atoms with E-state index in [4.69, 9.17) is 14.2 Å². The molecule has 2 rings (SSSR count). The van der Waals surface area contributed by atoms with Crippen molar-refractivity contribution in [3.63, 3.8) is 0 Å². The Morgan fingerprint density at radius 3 is 2.94 bits per heavy atom. The molecule has 0 amide bonds. The van der Waals surface area contributed by atoms with Crippen LogP contribution in [0.3, 0.4) is 0 Å². The summed E-state index contributed by atoms with van der Waals surface area (Å²) in [5.74, 6) is 1.43. The van der Waals surface area contributed by atoms with Gasteiger partial charge < -0.3 is 19.3 Å². The zero-order chi connectivity index (χ0) is 13.2. The van der Waals surface area contributed by atoms with Gasteiger partial charge in [-0.1, -0.05) is 0 Å². The van der Waals surface area contributed by atoms with Crippen LogP contribution in [0.4, 0.5) is 0 Å². The van der Waals surface area contributed by atoms with E-state index in [-0.39, 0.29) is 0 Å². The van der Waals surface area contributed by atoms with Gasteiger partial charge in [0.1, 0.15) is 17.1 Å².